The second kappa shape index (κ2) is 7.21. The average Bonchev–Trinajstić information content (AvgIpc) is 2.40. The van der Waals surface area contributed by atoms with Crippen molar-refractivity contribution in [3.05, 3.63) is 33.9 Å². The Hall–Kier alpha value is -1.66. The number of nitro groups is 1. The smallest absolute Gasteiger partial charge is 0.270 e. The van der Waals surface area contributed by atoms with E-state index in [4.69, 9.17) is 9.47 Å². The van der Waals surface area contributed by atoms with Gasteiger partial charge >= 0.3 is 0 Å². The maximum atomic E-state index is 10.8. The van der Waals surface area contributed by atoms with E-state index in [9.17, 15) is 10.1 Å². The lowest BCUT2D eigenvalue weighted by Gasteiger charge is -2.23. The van der Waals surface area contributed by atoms with E-state index in [1.807, 2.05) is 13.8 Å². The van der Waals surface area contributed by atoms with Gasteiger partial charge in [-0.3, -0.25) is 10.1 Å². The highest BCUT2D eigenvalue weighted by atomic mass is 16.6. The maximum absolute atomic E-state index is 10.8. The van der Waals surface area contributed by atoms with Crippen LogP contribution >= 0.6 is 0 Å². The zero-order chi connectivity index (χ0) is 15.2. The number of hydrogen-bond donors (Lipinski definition) is 1. The largest absolute Gasteiger partial charge is 0.493 e. The highest BCUT2D eigenvalue weighted by Gasteiger charge is 2.17. The molecule has 1 aromatic carbocycles. The van der Waals surface area contributed by atoms with Crippen LogP contribution in [-0.2, 0) is 11.3 Å². The summed E-state index contributed by atoms with van der Waals surface area (Å²) in [5, 5.41) is 13.8. The van der Waals surface area contributed by atoms with Crippen LogP contribution in [0.2, 0.25) is 0 Å². The highest BCUT2D eigenvalue weighted by molar-refractivity contribution is 5.43. The summed E-state index contributed by atoms with van der Waals surface area (Å²) in [6, 6.07) is 4.63. The number of nitrogens with one attached hydrogen (secondary N) is 1. The molecule has 1 N–H and O–H groups in total. The molecule has 0 fully saturated rings. The standard InChI is InChI=1S/C14H22N2O4/c1-14(2,19-4)7-8-20-13-6-5-12(16(17)18)9-11(13)10-15-3/h5-6,9,15H,7-8,10H2,1-4H3. The van der Waals surface area contributed by atoms with E-state index < -0.39 is 4.92 Å². The first-order valence-electron chi connectivity index (χ1n) is 6.49. The summed E-state index contributed by atoms with van der Waals surface area (Å²) in [5.41, 5.74) is 0.598. The van der Waals surface area contributed by atoms with Gasteiger partial charge in [0.15, 0.2) is 0 Å². The molecular formula is C14H22N2O4. The molecular weight excluding hydrogens is 260 g/mol. The Morgan fingerprint density at radius 1 is 1.40 bits per heavy atom. The molecule has 0 atom stereocenters. The molecule has 6 heteroatoms. The summed E-state index contributed by atoms with van der Waals surface area (Å²) >= 11 is 0. The predicted octanol–water partition coefficient (Wildman–Crippen LogP) is 2.51. The number of nitrogens with zero attached hydrogens (tertiary/aromatic N) is 1. The van der Waals surface area contributed by atoms with Gasteiger partial charge in [0.2, 0.25) is 0 Å². The first-order valence-corrected chi connectivity index (χ1v) is 6.49. The molecule has 1 rings (SSSR count). The van der Waals surface area contributed by atoms with E-state index in [1.54, 1.807) is 20.2 Å². The summed E-state index contributed by atoms with van der Waals surface area (Å²) in [4.78, 5) is 10.4. The molecule has 0 heterocycles. The molecule has 6 nitrogen and oxygen atoms in total. The zero-order valence-corrected chi connectivity index (χ0v) is 12.4. The Kier molecular flexibility index (Phi) is 5.91. The van der Waals surface area contributed by atoms with Crippen LogP contribution in [0.5, 0.6) is 5.75 Å². The van der Waals surface area contributed by atoms with Gasteiger partial charge in [0.25, 0.3) is 5.69 Å². The molecule has 0 aliphatic carbocycles. The van der Waals surface area contributed by atoms with Crippen molar-refractivity contribution in [1.29, 1.82) is 0 Å². The molecule has 0 radical (unpaired) electrons. The third kappa shape index (κ3) is 4.79. The number of nitro benzene ring substituents is 1. The second-order valence-electron chi connectivity index (χ2n) is 5.14. The molecule has 0 spiro atoms. The van der Waals surface area contributed by atoms with Gasteiger partial charge in [0.05, 0.1) is 17.1 Å². The van der Waals surface area contributed by atoms with Crippen molar-refractivity contribution in [2.75, 3.05) is 20.8 Å². The Morgan fingerprint density at radius 3 is 2.65 bits per heavy atom. The maximum Gasteiger partial charge on any atom is 0.270 e. The minimum absolute atomic E-state index is 0.0693. The van der Waals surface area contributed by atoms with Gasteiger partial charge in [0.1, 0.15) is 5.75 Å². The molecule has 0 aromatic heterocycles. The topological polar surface area (TPSA) is 73.6 Å². The van der Waals surface area contributed by atoms with Crippen LogP contribution in [0.4, 0.5) is 5.69 Å². The lowest BCUT2D eigenvalue weighted by atomic mass is 10.1. The number of ether oxygens (including phenoxy) is 2. The van der Waals surface area contributed by atoms with Crippen molar-refractivity contribution in [3.63, 3.8) is 0 Å². The fourth-order valence-corrected chi connectivity index (χ4v) is 1.66. The summed E-state index contributed by atoms with van der Waals surface area (Å²) in [5.74, 6) is 0.664. The lowest BCUT2D eigenvalue weighted by Crippen LogP contribution is -2.25. The summed E-state index contributed by atoms with van der Waals surface area (Å²) in [7, 11) is 3.45. The number of hydrogen-bond acceptors (Lipinski definition) is 5. The quantitative estimate of drug-likeness (QED) is 0.586. The molecule has 0 amide bonds. The number of rotatable bonds is 8. The van der Waals surface area contributed by atoms with E-state index in [1.165, 1.54) is 12.1 Å². The monoisotopic (exact) mass is 282 g/mol. The zero-order valence-electron chi connectivity index (χ0n) is 12.4. The number of non-ortho nitro benzene ring substituents is 1. The first kappa shape index (κ1) is 16.4. The van der Waals surface area contributed by atoms with Crippen LogP contribution in [0, 0.1) is 10.1 Å². The van der Waals surface area contributed by atoms with Gasteiger partial charge in [-0.1, -0.05) is 0 Å². The van der Waals surface area contributed by atoms with E-state index in [2.05, 4.69) is 5.32 Å². The van der Waals surface area contributed by atoms with Crippen molar-refractivity contribution < 1.29 is 14.4 Å². The lowest BCUT2D eigenvalue weighted by molar-refractivity contribution is -0.384. The number of methoxy groups -OCH3 is 1. The summed E-state index contributed by atoms with van der Waals surface area (Å²) in [6.45, 7) is 4.99. The van der Waals surface area contributed by atoms with Gasteiger partial charge in [-0.2, -0.15) is 0 Å². The molecule has 1 aromatic rings. The molecule has 20 heavy (non-hydrogen) atoms. The van der Waals surface area contributed by atoms with Crippen molar-refractivity contribution in [1.82, 2.24) is 5.32 Å². The van der Waals surface area contributed by atoms with Crippen LogP contribution in [0.25, 0.3) is 0 Å². The minimum atomic E-state index is -0.406. The molecule has 0 saturated carbocycles. The third-order valence-corrected chi connectivity index (χ3v) is 3.14. The molecule has 0 aliphatic heterocycles. The van der Waals surface area contributed by atoms with Crippen molar-refractivity contribution in [2.24, 2.45) is 0 Å². The minimum Gasteiger partial charge on any atom is -0.493 e. The van der Waals surface area contributed by atoms with E-state index >= 15 is 0 Å². The van der Waals surface area contributed by atoms with E-state index in [0.717, 1.165) is 12.0 Å². The van der Waals surface area contributed by atoms with Crippen LogP contribution in [0.3, 0.4) is 0 Å². The van der Waals surface area contributed by atoms with E-state index in [0.29, 0.717) is 18.9 Å². The van der Waals surface area contributed by atoms with E-state index in [-0.39, 0.29) is 11.3 Å². The Labute approximate surface area is 119 Å². The van der Waals surface area contributed by atoms with Gasteiger partial charge < -0.3 is 14.8 Å². The fourth-order valence-electron chi connectivity index (χ4n) is 1.66. The van der Waals surface area contributed by atoms with Crippen molar-refractivity contribution >= 4 is 5.69 Å². The number of benzene rings is 1. The summed E-state index contributed by atoms with van der Waals surface area (Å²) in [6.07, 6.45) is 0.736. The molecule has 0 bridgehead atoms. The highest BCUT2D eigenvalue weighted by Crippen LogP contribution is 2.25. The third-order valence-electron chi connectivity index (χ3n) is 3.14. The van der Waals surface area contributed by atoms with Crippen LogP contribution in [0.15, 0.2) is 18.2 Å². The Balaban J connectivity index is 2.76. The second-order valence-corrected chi connectivity index (χ2v) is 5.14. The van der Waals surface area contributed by atoms with Crippen LogP contribution in [-0.4, -0.2) is 31.3 Å². The Bertz CT molecular complexity index is 460. The van der Waals surface area contributed by atoms with Crippen molar-refractivity contribution in [2.45, 2.75) is 32.4 Å². The SMILES string of the molecule is CNCc1cc([N+](=O)[O-])ccc1OCCC(C)(C)OC. The first-order chi connectivity index (χ1) is 9.39. The fraction of sp³-hybridized carbons (Fsp3) is 0.571. The molecule has 0 aliphatic rings. The molecule has 112 valence electrons. The normalized spacial score (nSPS) is 11.4. The molecule has 0 saturated heterocycles. The molecule has 0 unspecified atom stereocenters. The van der Waals surface area contributed by atoms with Gasteiger partial charge in [-0.25, -0.2) is 0 Å². The average molecular weight is 282 g/mol. The van der Waals surface area contributed by atoms with Crippen molar-refractivity contribution in [3.8, 4) is 5.75 Å². The van der Waals surface area contributed by atoms with Gasteiger partial charge in [-0.15, -0.1) is 0 Å². The van der Waals surface area contributed by atoms with Gasteiger partial charge in [-0.05, 0) is 27.0 Å². The van der Waals surface area contributed by atoms with Gasteiger partial charge in [0, 0.05) is 37.8 Å². The van der Waals surface area contributed by atoms with Crippen LogP contribution < -0.4 is 10.1 Å². The predicted molar refractivity (Wildman–Crippen MR) is 77.1 cm³/mol. The van der Waals surface area contributed by atoms with Crippen LogP contribution in [0.1, 0.15) is 25.8 Å². The summed E-state index contributed by atoms with van der Waals surface area (Å²) < 4.78 is 11.0. The Morgan fingerprint density at radius 2 is 2.10 bits per heavy atom.